The van der Waals surface area contributed by atoms with Crippen LogP contribution < -0.4 is 0 Å². The van der Waals surface area contributed by atoms with Crippen LogP contribution in [0.2, 0.25) is 0 Å². The maximum absolute atomic E-state index is 5.14. The van der Waals surface area contributed by atoms with Crippen molar-refractivity contribution in [3.63, 3.8) is 0 Å². The van der Waals surface area contributed by atoms with E-state index in [1.165, 1.54) is 0 Å². The molecule has 0 spiro atoms. The van der Waals surface area contributed by atoms with Crippen molar-refractivity contribution in [2.45, 2.75) is 13.8 Å². The molecule has 0 N–H and O–H groups in total. The number of hydrogen-bond acceptors (Lipinski definition) is 10. The largest absolute Gasteiger partial charge is 0.418 e. The Morgan fingerprint density at radius 3 is 1.22 bits per heavy atom. The maximum atomic E-state index is 5.14. The van der Waals surface area contributed by atoms with Crippen molar-refractivity contribution < 1.29 is 8.83 Å². The smallest absolute Gasteiger partial charge is 0.289 e. The van der Waals surface area contributed by atoms with Crippen LogP contribution >= 0.6 is 0 Å². The lowest BCUT2D eigenvalue weighted by atomic mass is 10.6. The Morgan fingerprint density at radius 1 is 0.556 bits per heavy atom. The summed E-state index contributed by atoms with van der Waals surface area (Å²) in [6.45, 7) is 3.32. The SMILES string of the molecule is Cc1nnc(-c2nnc(-c3nnc(C)o3)nn2)o1. The predicted molar refractivity (Wildman–Crippen MR) is 53.7 cm³/mol. The van der Waals surface area contributed by atoms with Crippen molar-refractivity contribution in [3.8, 4) is 23.4 Å². The molecule has 10 nitrogen and oxygen atoms in total. The minimum Gasteiger partial charge on any atom is -0.418 e. The van der Waals surface area contributed by atoms with Crippen LogP contribution in [0.3, 0.4) is 0 Å². The van der Waals surface area contributed by atoms with Crippen molar-refractivity contribution in [2.24, 2.45) is 0 Å². The minimum atomic E-state index is 0.135. The highest BCUT2D eigenvalue weighted by atomic mass is 16.4. The molecule has 0 saturated heterocycles. The highest BCUT2D eigenvalue weighted by Gasteiger charge is 2.14. The summed E-state index contributed by atoms with van der Waals surface area (Å²) in [5.74, 6) is 1.39. The van der Waals surface area contributed by atoms with Gasteiger partial charge in [-0.25, -0.2) is 0 Å². The van der Waals surface area contributed by atoms with Gasteiger partial charge in [0.15, 0.2) is 0 Å². The van der Waals surface area contributed by atoms with Crippen molar-refractivity contribution in [3.05, 3.63) is 11.8 Å². The van der Waals surface area contributed by atoms with E-state index in [4.69, 9.17) is 8.83 Å². The quantitative estimate of drug-likeness (QED) is 0.607. The van der Waals surface area contributed by atoms with Gasteiger partial charge in [-0.05, 0) is 0 Å². The monoisotopic (exact) mass is 246 g/mol. The lowest BCUT2D eigenvalue weighted by Crippen LogP contribution is -1.99. The highest BCUT2D eigenvalue weighted by molar-refractivity contribution is 5.40. The van der Waals surface area contributed by atoms with Gasteiger partial charge < -0.3 is 8.83 Å². The van der Waals surface area contributed by atoms with Gasteiger partial charge in [0.2, 0.25) is 11.8 Å². The van der Waals surface area contributed by atoms with Crippen LogP contribution in [0.4, 0.5) is 0 Å². The number of hydrogen-bond donors (Lipinski definition) is 0. The van der Waals surface area contributed by atoms with E-state index in [0.29, 0.717) is 11.8 Å². The molecule has 90 valence electrons. The molecule has 0 amide bonds. The van der Waals surface area contributed by atoms with Gasteiger partial charge >= 0.3 is 0 Å². The predicted octanol–water partition coefficient (Wildman–Crippen LogP) is -0.0166. The molecule has 3 aromatic heterocycles. The minimum absolute atomic E-state index is 0.135. The lowest BCUT2D eigenvalue weighted by Gasteiger charge is -1.92. The van der Waals surface area contributed by atoms with E-state index in [1.54, 1.807) is 13.8 Å². The van der Waals surface area contributed by atoms with Crippen LogP contribution in [0.1, 0.15) is 11.8 Å². The molecule has 18 heavy (non-hydrogen) atoms. The second kappa shape index (κ2) is 3.91. The second-order valence-corrected chi connectivity index (χ2v) is 3.30. The molecule has 3 aromatic rings. The third-order valence-corrected chi connectivity index (χ3v) is 1.91. The van der Waals surface area contributed by atoms with E-state index in [2.05, 4.69) is 40.8 Å². The topological polar surface area (TPSA) is 129 Å². The average molecular weight is 246 g/mol. The molecule has 0 saturated carbocycles. The fourth-order valence-electron chi connectivity index (χ4n) is 1.17. The van der Waals surface area contributed by atoms with Gasteiger partial charge in [-0.1, -0.05) is 0 Å². The molecule has 0 bridgehead atoms. The summed E-state index contributed by atoms with van der Waals surface area (Å²) in [5, 5.41) is 30.0. The Morgan fingerprint density at radius 2 is 0.944 bits per heavy atom. The van der Waals surface area contributed by atoms with Gasteiger partial charge in [-0.15, -0.1) is 40.8 Å². The summed E-state index contributed by atoms with van der Waals surface area (Å²) in [6.07, 6.45) is 0. The van der Waals surface area contributed by atoms with Gasteiger partial charge in [-0.2, -0.15) is 0 Å². The zero-order valence-electron chi connectivity index (χ0n) is 9.39. The van der Waals surface area contributed by atoms with Crippen LogP contribution in [0, 0.1) is 13.8 Å². The average Bonchev–Trinajstić information content (AvgIpc) is 2.98. The maximum Gasteiger partial charge on any atom is 0.289 e. The van der Waals surface area contributed by atoms with E-state index in [0.717, 1.165) is 0 Å². The van der Waals surface area contributed by atoms with Gasteiger partial charge in [0.05, 0.1) is 0 Å². The van der Waals surface area contributed by atoms with Crippen LogP contribution in [0.25, 0.3) is 23.4 Å². The summed E-state index contributed by atoms with van der Waals surface area (Å²) in [7, 11) is 0. The summed E-state index contributed by atoms with van der Waals surface area (Å²) in [4.78, 5) is 0. The van der Waals surface area contributed by atoms with Crippen LogP contribution in [0.15, 0.2) is 8.83 Å². The molecule has 0 aliphatic rings. The first-order valence-electron chi connectivity index (χ1n) is 4.91. The first-order valence-corrected chi connectivity index (χ1v) is 4.91. The lowest BCUT2D eigenvalue weighted by molar-refractivity contribution is 0.519. The van der Waals surface area contributed by atoms with Crippen LogP contribution in [-0.4, -0.2) is 40.8 Å². The van der Waals surface area contributed by atoms with Crippen LogP contribution in [0.5, 0.6) is 0 Å². The highest BCUT2D eigenvalue weighted by Crippen LogP contribution is 2.13. The molecule has 3 heterocycles. The third kappa shape index (κ3) is 1.79. The molecular formula is C8H6N8O2. The number of aromatic nitrogens is 8. The first kappa shape index (κ1) is 10.4. The fourth-order valence-corrected chi connectivity index (χ4v) is 1.17. The Kier molecular flexibility index (Phi) is 2.25. The molecule has 10 heteroatoms. The van der Waals surface area contributed by atoms with Crippen molar-refractivity contribution >= 4 is 0 Å². The van der Waals surface area contributed by atoms with Crippen molar-refractivity contribution in [1.82, 2.24) is 40.8 Å². The summed E-state index contributed by atoms with van der Waals surface area (Å²) in [5.41, 5.74) is 0. The molecule has 0 aromatic carbocycles. The zero-order chi connectivity index (χ0) is 12.5. The van der Waals surface area contributed by atoms with Crippen molar-refractivity contribution in [1.29, 1.82) is 0 Å². The van der Waals surface area contributed by atoms with E-state index >= 15 is 0 Å². The van der Waals surface area contributed by atoms with Crippen molar-refractivity contribution in [2.75, 3.05) is 0 Å². The third-order valence-electron chi connectivity index (χ3n) is 1.91. The Balaban J connectivity index is 1.94. The first-order chi connectivity index (χ1) is 8.72. The van der Waals surface area contributed by atoms with Crippen LogP contribution in [-0.2, 0) is 0 Å². The molecule has 0 aliphatic heterocycles. The van der Waals surface area contributed by atoms with Gasteiger partial charge in [0, 0.05) is 13.8 Å². The van der Waals surface area contributed by atoms with Gasteiger partial charge in [0.1, 0.15) is 0 Å². The molecule has 3 rings (SSSR count). The van der Waals surface area contributed by atoms with Gasteiger partial charge in [0.25, 0.3) is 23.4 Å². The van der Waals surface area contributed by atoms with Gasteiger partial charge in [-0.3, -0.25) is 0 Å². The summed E-state index contributed by atoms with van der Waals surface area (Å²) < 4.78 is 10.3. The molecule has 0 aliphatic carbocycles. The number of rotatable bonds is 2. The summed E-state index contributed by atoms with van der Waals surface area (Å²) in [6, 6.07) is 0. The zero-order valence-corrected chi connectivity index (χ0v) is 9.39. The van der Waals surface area contributed by atoms with E-state index < -0.39 is 0 Å². The second-order valence-electron chi connectivity index (χ2n) is 3.30. The summed E-state index contributed by atoms with van der Waals surface area (Å²) >= 11 is 0. The molecule has 0 fully saturated rings. The Bertz CT molecular complexity index is 613. The Hall–Kier alpha value is -2.78. The number of aryl methyl sites for hydroxylation is 2. The molecule has 0 unspecified atom stereocenters. The fraction of sp³-hybridized carbons (Fsp3) is 0.250. The Labute approximate surface area is 99.5 Å². The van der Waals surface area contributed by atoms with E-state index in [9.17, 15) is 0 Å². The van der Waals surface area contributed by atoms with E-state index in [1.807, 2.05) is 0 Å². The molecule has 0 radical (unpaired) electrons. The molecule has 0 atom stereocenters. The standard InChI is InChI=1S/C8H6N8O2/c1-3-9-15-7(17-3)5-11-13-6(14-12-5)8-16-10-4(2)18-8/h1-2H3. The number of nitrogens with zero attached hydrogens (tertiary/aromatic N) is 8. The molecular weight excluding hydrogens is 240 g/mol. The van der Waals surface area contributed by atoms with E-state index in [-0.39, 0.29) is 23.4 Å². The normalized spacial score (nSPS) is 10.8.